The van der Waals surface area contributed by atoms with Crippen LogP contribution in [0.4, 0.5) is 0 Å². The minimum atomic E-state index is -0.157. The van der Waals surface area contributed by atoms with Gasteiger partial charge in [-0.3, -0.25) is 0 Å². The normalized spacial score (nSPS) is 12.3. The number of hydrogen-bond donors (Lipinski definition) is 0. The molecule has 0 saturated carbocycles. The molecule has 1 heterocycles. The molecule has 0 saturated heterocycles. The highest BCUT2D eigenvalue weighted by atomic mass is 32.1. The molecule has 0 radical (unpaired) electrons. The van der Waals surface area contributed by atoms with Crippen molar-refractivity contribution in [3.8, 4) is 0 Å². The Balaban J connectivity index is 2.29. The second kappa shape index (κ2) is 10.9. The summed E-state index contributed by atoms with van der Waals surface area (Å²) in [4.78, 5) is 12.6. The molecule has 0 fully saturated rings. The van der Waals surface area contributed by atoms with E-state index in [1.54, 1.807) is 0 Å². The average molecular weight is 296 g/mol. The largest absolute Gasteiger partial charge is 0.461 e. The molecule has 1 aromatic rings. The van der Waals surface area contributed by atoms with Crippen molar-refractivity contribution in [1.82, 2.24) is 0 Å². The van der Waals surface area contributed by atoms with Gasteiger partial charge in [-0.25, -0.2) is 4.79 Å². The van der Waals surface area contributed by atoms with Gasteiger partial charge in [-0.05, 0) is 30.2 Å². The fourth-order valence-corrected chi connectivity index (χ4v) is 2.94. The Hall–Kier alpha value is -0.830. The first-order chi connectivity index (χ1) is 9.77. The van der Waals surface area contributed by atoms with E-state index < -0.39 is 0 Å². The summed E-state index contributed by atoms with van der Waals surface area (Å²) < 4.78 is 5.47. The maximum Gasteiger partial charge on any atom is 0.348 e. The second-order valence-corrected chi connectivity index (χ2v) is 6.38. The minimum Gasteiger partial charge on any atom is -0.461 e. The summed E-state index contributed by atoms with van der Waals surface area (Å²) in [6.45, 7) is 5.03. The van der Waals surface area contributed by atoms with Crippen molar-refractivity contribution in [2.45, 2.75) is 65.2 Å². The molecule has 0 amide bonds. The molecule has 1 unspecified atom stereocenters. The lowest BCUT2D eigenvalue weighted by molar-refractivity contribution is 0.0428. The van der Waals surface area contributed by atoms with Gasteiger partial charge < -0.3 is 4.74 Å². The Bertz CT molecular complexity index is 346. The number of carbonyl (C=O) groups excluding carboxylic acids is 1. The zero-order chi connectivity index (χ0) is 14.6. The number of ether oxygens (including phenoxy) is 1. The van der Waals surface area contributed by atoms with Crippen LogP contribution < -0.4 is 0 Å². The molecular weight excluding hydrogens is 268 g/mol. The topological polar surface area (TPSA) is 26.3 Å². The first kappa shape index (κ1) is 17.2. The number of thiophene rings is 1. The average Bonchev–Trinajstić information content (AvgIpc) is 2.99. The second-order valence-electron chi connectivity index (χ2n) is 5.43. The van der Waals surface area contributed by atoms with Gasteiger partial charge in [-0.1, -0.05) is 58.4 Å². The van der Waals surface area contributed by atoms with Crippen molar-refractivity contribution in [3.05, 3.63) is 22.4 Å². The maximum atomic E-state index is 11.8. The predicted octanol–water partition coefficient (Wildman–Crippen LogP) is 5.68. The highest BCUT2D eigenvalue weighted by molar-refractivity contribution is 7.11. The van der Waals surface area contributed by atoms with Crippen LogP contribution in [0.5, 0.6) is 0 Å². The molecule has 0 N–H and O–H groups in total. The van der Waals surface area contributed by atoms with Crippen LogP contribution in [0.1, 0.15) is 74.9 Å². The van der Waals surface area contributed by atoms with Gasteiger partial charge in [0.25, 0.3) is 0 Å². The van der Waals surface area contributed by atoms with Crippen LogP contribution in [0.3, 0.4) is 0 Å². The zero-order valence-electron chi connectivity index (χ0n) is 12.9. The Kier molecular flexibility index (Phi) is 9.38. The number of carbonyl (C=O) groups is 1. The zero-order valence-corrected chi connectivity index (χ0v) is 13.7. The van der Waals surface area contributed by atoms with Crippen LogP contribution in [-0.4, -0.2) is 12.6 Å². The number of hydrogen-bond acceptors (Lipinski definition) is 3. The van der Waals surface area contributed by atoms with Gasteiger partial charge in [0.05, 0.1) is 6.61 Å². The van der Waals surface area contributed by atoms with E-state index in [4.69, 9.17) is 4.74 Å². The number of esters is 1. The monoisotopic (exact) mass is 296 g/mol. The fraction of sp³-hybridized carbons (Fsp3) is 0.706. The molecule has 0 spiro atoms. The highest BCUT2D eigenvalue weighted by Crippen LogP contribution is 2.19. The van der Waals surface area contributed by atoms with E-state index in [9.17, 15) is 4.79 Å². The third-order valence-corrected chi connectivity index (χ3v) is 4.45. The first-order valence-electron chi connectivity index (χ1n) is 7.98. The Morgan fingerprint density at radius 3 is 2.55 bits per heavy atom. The smallest absolute Gasteiger partial charge is 0.348 e. The van der Waals surface area contributed by atoms with Crippen LogP contribution in [0.15, 0.2) is 17.5 Å². The molecule has 0 aliphatic rings. The van der Waals surface area contributed by atoms with Gasteiger partial charge in [0.2, 0.25) is 0 Å². The van der Waals surface area contributed by atoms with Gasteiger partial charge >= 0.3 is 5.97 Å². The van der Waals surface area contributed by atoms with Crippen LogP contribution >= 0.6 is 11.3 Å². The maximum absolute atomic E-state index is 11.8. The van der Waals surface area contributed by atoms with E-state index in [1.807, 2.05) is 17.5 Å². The summed E-state index contributed by atoms with van der Waals surface area (Å²) >= 11 is 1.45. The van der Waals surface area contributed by atoms with Crippen molar-refractivity contribution >= 4 is 17.3 Å². The van der Waals surface area contributed by atoms with Crippen molar-refractivity contribution < 1.29 is 9.53 Å². The van der Waals surface area contributed by atoms with E-state index in [0.29, 0.717) is 17.4 Å². The highest BCUT2D eigenvalue weighted by Gasteiger charge is 2.13. The molecule has 3 heteroatoms. The molecule has 114 valence electrons. The summed E-state index contributed by atoms with van der Waals surface area (Å²) in [7, 11) is 0. The van der Waals surface area contributed by atoms with Crippen LogP contribution in [0, 0.1) is 5.92 Å². The number of unbranched alkanes of at least 4 members (excludes halogenated alkanes) is 4. The molecule has 0 aromatic carbocycles. The molecule has 1 aromatic heterocycles. The van der Waals surface area contributed by atoms with Crippen molar-refractivity contribution in [2.24, 2.45) is 5.92 Å². The summed E-state index contributed by atoms with van der Waals surface area (Å²) in [6.07, 6.45) is 9.97. The van der Waals surface area contributed by atoms with Gasteiger partial charge in [0, 0.05) is 0 Å². The van der Waals surface area contributed by atoms with E-state index in [0.717, 1.165) is 0 Å². The summed E-state index contributed by atoms with van der Waals surface area (Å²) in [5.41, 5.74) is 0. The van der Waals surface area contributed by atoms with Crippen LogP contribution in [0.25, 0.3) is 0 Å². The Labute approximate surface area is 127 Å². The van der Waals surface area contributed by atoms with E-state index in [2.05, 4.69) is 13.8 Å². The quantitative estimate of drug-likeness (QED) is 0.388. The van der Waals surface area contributed by atoms with Crippen LogP contribution in [-0.2, 0) is 4.74 Å². The van der Waals surface area contributed by atoms with Crippen molar-refractivity contribution in [3.63, 3.8) is 0 Å². The lowest BCUT2D eigenvalue weighted by atomic mass is 9.96. The van der Waals surface area contributed by atoms with Gasteiger partial charge in [0.15, 0.2) is 0 Å². The third kappa shape index (κ3) is 7.09. The minimum absolute atomic E-state index is 0.157. The predicted molar refractivity (Wildman–Crippen MR) is 86.4 cm³/mol. The van der Waals surface area contributed by atoms with Gasteiger partial charge in [-0.15, -0.1) is 11.3 Å². The number of rotatable bonds is 11. The Morgan fingerprint density at radius 2 is 1.90 bits per heavy atom. The lowest BCUT2D eigenvalue weighted by Crippen LogP contribution is -2.14. The molecule has 20 heavy (non-hydrogen) atoms. The Morgan fingerprint density at radius 1 is 1.15 bits per heavy atom. The summed E-state index contributed by atoms with van der Waals surface area (Å²) in [6, 6.07) is 3.72. The molecule has 0 aliphatic carbocycles. The van der Waals surface area contributed by atoms with Crippen LogP contribution in [0.2, 0.25) is 0 Å². The third-order valence-electron chi connectivity index (χ3n) is 3.60. The SMILES string of the molecule is CCCCCCC(CCCC)COC(=O)c1cccs1. The van der Waals surface area contributed by atoms with E-state index >= 15 is 0 Å². The van der Waals surface area contributed by atoms with Gasteiger partial charge in [-0.2, -0.15) is 0 Å². The van der Waals surface area contributed by atoms with Crippen molar-refractivity contribution in [2.75, 3.05) is 6.61 Å². The lowest BCUT2D eigenvalue weighted by Gasteiger charge is -2.16. The van der Waals surface area contributed by atoms with Crippen molar-refractivity contribution in [1.29, 1.82) is 0 Å². The molecular formula is C17H28O2S. The van der Waals surface area contributed by atoms with E-state index in [-0.39, 0.29) is 5.97 Å². The molecule has 2 nitrogen and oxygen atoms in total. The van der Waals surface area contributed by atoms with E-state index in [1.165, 1.54) is 62.7 Å². The fourth-order valence-electron chi connectivity index (χ4n) is 2.32. The first-order valence-corrected chi connectivity index (χ1v) is 8.86. The molecule has 1 atom stereocenters. The summed E-state index contributed by atoms with van der Waals surface area (Å²) in [5, 5.41) is 1.91. The van der Waals surface area contributed by atoms with Gasteiger partial charge in [0.1, 0.15) is 4.88 Å². The molecule has 1 rings (SSSR count). The molecule has 0 aliphatic heterocycles. The summed E-state index contributed by atoms with van der Waals surface area (Å²) in [5.74, 6) is 0.380. The molecule has 0 bridgehead atoms. The standard InChI is InChI=1S/C17H28O2S/c1-3-5-7-8-11-15(10-6-4-2)14-19-17(18)16-12-9-13-20-16/h9,12-13,15H,3-8,10-11,14H2,1-2H3.